The van der Waals surface area contributed by atoms with Gasteiger partial charge in [0, 0.05) is 32.4 Å². The topological polar surface area (TPSA) is 57.3 Å². The molecule has 21 heavy (non-hydrogen) atoms. The molecule has 1 aromatic rings. The first-order valence-electron chi connectivity index (χ1n) is 6.71. The predicted molar refractivity (Wildman–Crippen MR) is 71.9 cm³/mol. The molecule has 8 heteroatoms. The number of nitrogens with zero attached hydrogens (tertiary/aromatic N) is 2. The summed E-state index contributed by atoms with van der Waals surface area (Å²) in [5.41, 5.74) is -0.795. The SMILES string of the molecule is CCNC(=O)C1CNCCN1c1ccc(C(F)(F)F)cn1. The number of carbonyl (C=O) groups excluding carboxylic acids is 1. The van der Waals surface area contributed by atoms with Crippen LogP contribution in [0.2, 0.25) is 0 Å². The average Bonchev–Trinajstić information content (AvgIpc) is 2.47. The van der Waals surface area contributed by atoms with Crippen molar-refractivity contribution in [2.45, 2.75) is 19.1 Å². The average molecular weight is 302 g/mol. The summed E-state index contributed by atoms with van der Waals surface area (Å²) in [5.74, 6) is 0.215. The fourth-order valence-corrected chi connectivity index (χ4v) is 2.23. The Balaban J connectivity index is 2.19. The van der Waals surface area contributed by atoms with E-state index in [9.17, 15) is 18.0 Å². The molecule has 1 fully saturated rings. The van der Waals surface area contributed by atoms with E-state index in [-0.39, 0.29) is 5.91 Å². The van der Waals surface area contributed by atoms with E-state index in [0.717, 1.165) is 12.3 Å². The van der Waals surface area contributed by atoms with Gasteiger partial charge in [-0.05, 0) is 19.1 Å². The second-order valence-electron chi connectivity index (χ2n) is 4.71. The van der Waals surface area contributed by atoms with Crippen molar-refractivity contribution in [2.24, 2.45) is 0 Å². The molecule has 116 valence electrons. The van der Waals surface area contributed by atoms with Crippen LogP contribution < -0.4 is 15.5 Å². The van der Waals surface area contributed by atoms with Crippen molar-refractivity contribution >= 4 is 11.7 Å². The van der Waals surface area contributed by atoms with Crippen LogP contribution in [0.1, 0.15) is 12.5 Å². The Bertz CT molecular complexity index is 489. The fourth-order valence-electron chi connectivity index (χ4n) is 2.23. The van der Waals surface area contributed by atoms with E-state index in [1.807, 2.05) is 6.92 Å². The first-order chi connectivity index (χ1) is 9.93. The highest BCUT2D eigenvalue weighted by molar-refractivity contribution is 5.85. The number of hydrogen-bond acceptors (Lipinski definition) is 4. The van der Waals surface area contributed by atoms with Gasteiger partial charge in [-0.25, -0.2) is 4.98 Å². The van der Waals surface area contributed by atoms with E-state index >= 15 is 0 Å². The lowest BCUT2D eigenvalue weighted by Gasteiger charge is -2.36. The van der Waals surface area contributed by atoms with Crippen molar-refractivity contribution < 1.29 is 18.0 Å². The summed E-state index contributed by atoms with van der Waals surface area (Å²) in [6, 6.07) is 1.82. The summed E-state index contributed by atoms with van der Waals surface area (Å²) in [4.78, 5) is 17.6. The third-order valence-electron chi connectivity index (χ3n) is 3.27. The molecule has 1 aliphatic rings. The van der Waals surface area contributed by atoms with Gasteiger partial charge in [0.2, 0.25) is 5.91 Å². The highest BCUT2D eigenvalue weighted by Gasteiger charge is 2.32. The highest BCUT2D eigenvalue weighted by Crippen LogP contribution is 2.29. The van der Waals surface area contributed by atoms with E-state index in [4.69, 9.17) is 0 Å². The van der Waals surface area contributed by atoms with Gasteiger partial charge in [-0.1, -0.05) is 0 Å². The standard InChI is InChI=1S/C13H17F3N4O/c1-2-18-12(21)10-8-17-5-6-20(10)11-4-3-9(7-19-11)13(14,15)16/h3-4,7,10,17H,2,5-6,8H2,1H3,(H,18,21). The first kappa shape index (κ1) is 15.6. The van der Waals surface area contributed by atoms with Crippen molar-refractivity contribution in [1.82, 2.24) is 15.6 Å². The van der Waals surface area contributed by atoms with E-state index < -0.39 is 17.8 Å². The fraction of sp³-hybridized carbons (Fsp3) is 0.538. The summed E-state index contributed by atoms with van der Waals surface area (Å²) >= 11 is 0. The van der Waals surface area contributed by atoms with Crippen LogP contribution >= 0.6 is 0 Å². The zero-order valence-corrected chi connectivity index (χ0v) is 11.6. The number of piperazine rings is 1. The van der Waals surface area contributed by atoms with Crippen molar-refractivity contribution in [3.8, 4) is 0 Å². The maximum atomic E-state index is 12.5. The van der Waals surface area contributed by atoms with Gasteiger partial charge in [0.25, 0.3) is 0 Å². The third kappa shape index (κ3) is 3.63. The van der Waals surface area contributed by atoms with E-state index in [1.165, 1.54) is 6.07 Å². The lowest BCUT2D eigenvalue weighted by atomic mass is 10.1. The summed E-state index contributed by atoms with van der Waals surface area (Å²) in [5, 5.41) is 5.82. The van der Waals surface area contributed by atoms with Gasteiger partial charge in [0.1, 0.15) is 11.9 Å². The molecule has 1 aromatic heterocycles. The van der Waals surface area contributed by atoms with Gasteiger partial charge in [-0.2, -0.15) is 13.2 Å². The Morgan fingerprint density at radius 3 is 2.86 bits per heavy atom. The summed E-state index contributed by atoms with van der Waals surface area (Å²) < 4.78 is 37.6. The number of halogens is 3. The second-order valence-corrected chi connectivity index (χ2v) is 4.71. The van der Waals surface area contributed by atoms with Crippen molar-refractivity contribution in [3.05, 3.63) is 23.9 Å². The highest BCUT2D eigenvalue weighted by atomic mass is 19.4. The largest absolute Gasteiger partial charge is 0.417 e. The number of pyridine rings is 1. The smallest absolute Gasteiger partial charge is 0.355 e. The number of aromatic nitrogens is 1. The van der Waals surface area contributed by atoms with Crippen molar-refractivity contribution in [2.75, 3.05) is 31.1 Å². The number of rotatable bonds is 3. The zero-order valence-electron chi connectivity index (χ0n) is 11.6. The first-order valence-corrected chi connectivity index (χ1v) is 6.71. The van der Waals surface area contributed by atoms with Crippen LogP contribution in [0.15, 0.2) is 18.3 Å². The van der Waals surface area contributed by atoms with Gasteiger partial charge < -0.3 is 15.5 Å². The Morgan fingerprint density at radius 2 is 2.29 bits per heavy atom. The number of anilines is 1. The Kier molecular flexibility index (Phi) is 4.66. The molecular weight excluding hydrogens is 285 g/mol. The van der Waals surface area contributed by atoms with Crippen LogP contribution in [-0.4, -0.2) is 43.1 Å². The van der Waals surface area contributed by atoms with Crippen LogP contribution in [0.5, 0.6) is 0 Å². The van der Waals surface area contributed by atoms with Crippen LogP contribution in [0.4, 0.5) is 19.0 Å². The Hall–Kier alpha value is -1.83. The monoisotopic (exact) mass is 302 g/mol. The number of amides is 1. The van der Waals surface area contributed by atoms with Gasteiger partial charge in [0.05, 0.1) is 5.56 Å². The molecule has 2 heterocycles. The number of hydrogen-bond donors (Lipinski definition) is 2. The minimum Gasteiger partial charge on any atom is -0.355 e. The molecule has 2 N–H and O–H groups in total. The Labute approximate surface area is 120 Å². The zero-order chi connectivity index (χ0) is 15.5. The molecule has 0 aromatic carbocycles. The molecule has 0 bridgehead atoms. The van der Waals surface area contributed by atoms with Crippen molar-refractivity contribution in [1.29, 1.82) is 0 Å². The van der Waals surface area contributed by atoms with Crippen LogP contribution in [-0.2, 0) is 11.0 Å². The molecule has 5 nitrogen and oxygen atoms in total. The molecule has 1 atom stereocenters. The van der Waals surface area contributed by atoms with Crippen molar-refractivity contribution in [3.63, 3.8) is 0 Å². The van der Waals surface area contributed by atoms with Gasteiger partial charge in [-0.15, -0.1) is 0 Å². The molecular formula is C13H17F3N4O. The molecule has 2 rings (SSSR count). The van der Waals surface area contributed by atoms with E-state index in [2.05, 4.69) is 15.6 Å². The lowest BCUT2D eigenvalue weighted by Crippen LogP contribution is -2.58. The van der Waals surface area contributed by atoms with Gasteiger partial charge in [0.15, 0.2) is 0 Å². The molecule has 0 saturated carbocycles. The summed E-state index contributed by atoms with van der Waals surface area (Å²) in [6.07, 6.45) is -3.61. The maximum Gasteiger partial charge on any atom is 0.417 e. The normalized spacial score (nSPS) is 19.4. The second kappa shape index (κ2) is 6.30. The van der Waals surface area contributed by atoms with Gasteiger partial charge in [-0.3, -0.25) is 4.79 Å². The molecule has 1 saturated heterocycles. The molecule has 1 aliphatic heterocycles. The Morgan fingerprint density at radius 1 is 1.52 bits per heavy atom. The van der Waals surface area contributed by atoms with Gasteiger partial charge >= 0.3 is 6.18 Å². The molecule has 0 aliphatic carbocycles. The maximum absolute atomic E-state index is 12.5. The molecule has 0 radical (unpaired) electrons. The molecule has 1 amide bonds. The number of likely N-dealkylation sites (N-methyl/N-ethyl adjacent to an activating group) is 1. The lowest BCUT2D eigenvalue weighted by molar-refractivity contribution is -0.137. The summed E-state index contributed by atoms with van der Waals surface area (Å²) in [7, 11) is 0. The minimum absolute atomic E-state index is 0.161. The number of carbonyl (C=O) groups is 1. The van der Waals surface area contributed by atoms with E-state index in [1.54, 1.807) is 4.90 Å². The molecule has 0 spiro atoms. The van der Waals surface area contributed by atoms with Crippen LogP contribution in [0.3, 0.4) is 0 Å². The minimum atomic E-state index is -4.41. The molecule has 1 unspecified atom stereocenters. The number of alkyl halides is 3. The van der Waals surface area contributed by atoms with Crippen LogP contribution in [0, 0.1) is 0 Å². The predicted octanol–water partition coefficient (Wildman–Crippen LogP) is 1.01. The summed E-state index contributed by atoms with van der Waals surface area (Å²) in [6.45, 7) is 3.92. The van der Waals surface area contributed by atoms with E-state index in [0.29, 0.717) is 32.0 Å². The quantitative estimate of drug-likeness (QED) is 0.875. The third-order valence-corrected chi connectivity index (χ3v) is 3.27. The van der Waals surface area contributed by atoms with Crippen LogP contribution in [0.25, 0.3) is 0 Å². The number of nitrogens with one attached hydrogen (secondary N) is 2.